The molecule has 3 aromatic rings. The number of aromatic nitrogens is 3. The molecular weight excluding hydrogens is 284 g/mol. The number of aryl methyl sites for hydroxylation is 1. The highest BCUT2D eigenvalue weighted by Gasteiger charge is 2.20. The standard InChI is InChI=1S/C15H16N4OS/c1-8-11-10-6-7-16-13(17-9-4-3-5-9)12(10)21-15(11)19-18-14(8)20-2/h6-7,9H,3-5H2,1-2H3,(H,16,17). The molecule has 4 rings (SSSR count). The van der Waals surface area contributed by atoms with Crippen LogP contribution in [0.1, 0.15) is 24.8 Å². The van der Waals surface area contributed by atoms with Crippen LogP contribution in [0.2, 0.25) is 0 Å². The van der Waals surface area contributed by atoms with E-state index in [4.69, 9.17) is 4.74 Å². The van der Waals surface area contributed by atoms with Gasteiger partial charge in [-0.1, -0.05) is 0 Å². The molecule has 1 fully saturated rings. The van der Waals surface area contributed by atoms with Crippen molar-refractivity contribution in [3.05, 3.63) is 17.8 Å². The van der Waals surface area contributed by atoms with E-state index in [1.165, 1.54) is 24.6 Å². The molecule has 0 atom stereocenters. The van der Waals surface area contributed by atoms with Gasteiger partial charge in [0.2, 0.25) is 5.88 Å². The Bertz CT molecular complexity index is 825. The van der Waals surface area contributed by atoms with Crippen molar-refractivity contribution in [2.24, 2.45) is 0 Å². The number of anilines is 1. The van der Waals surface area contributed by atoms with Crippen LogP contribution in [0.4, 0.5) is 5.82 Å². The van der Waals surface area contributed by atoms with E-state index in [1.54, 1.807) is 18.4 Å². The average molecular weight is 300 g/mol. The summed E-state index contributed by atoms with van der Waals surface area (Å²) in [7, 11) is 1.63. The number of nitrogens with one attached hydrogen (secondary N) is 1. The molecule has 0 spiro atoms. The van der Waals surface area contributed by atoms with E-state index in [9.17, 15) is 0 Å². The first kappa shape index (κ1) is 12.8. The Morgan fingerprint density at radius 1 is 1.33 bits per heavy atom. The van der Waals surface area contributed by atoms with E-state index in [0.29, 0.717) is 11.9 Å². The number of rotatable bonds is 3. The number of ether oxygens (including phenoxy) is 1. The predicted molar refractivity (Wildman–Crippen MR) is 85.3 cm³/mol. The summed E-state index contributed by atoms with van der Waals surface area (Å²) in [6.45, 7) is 2.03. The van der Waals surface area contributed by atoms with Gasteiger partial charge in [0, 0.05) is 28.6 Å². The Morgan fingerprint density at radius 2 is 2.19 bits per heavy atom. The van der Waals surface area contributed by atoms with Gasteiger partial charge in [0.05, 0.1) is 11.8 Å². The largest absolute Gasteiger partial charge is 0.480 e. The number of pyridine rings is 1. The summed E-state index contributed by atoms with van der Waals surface area (Å²) >= 11 is 1.64. The summed E-state index contributed by atoms with van der Waals surface area (Å²) in [4.78, 5) is 5.45. The fraction of sp³-hybridized carbons (Fsp3) is 0.400. The fourth-order valence-corrected chi connectivity index (χ4v) is 3.89. The lowest BCUT2D eigenvalue weighted by atomic mass is 9.93. The molecule has 5 nitrogen and oxygen atoms in total. The van der Waals surface area contributed by atoms with E-state index in [1.807, 2.05) is 19.2 Å². The van der Waals surface area contributed by atoms with Crippen molar-refractivity contribution in [2.75, 3.05) is 12.4 Å². The van der Waals surface area contributed by atoms with Crippen LogP contribution in [0.25, 0.3) is 20.3 Å². The third-order valence-corrected chi connectivity index (χ3v) is 5.25. The predicted octanol–water partition coefficient (Wildman–Crippen LogP) is 3.52. The van der Waals surface area contributed by atoms with E-state index in [-0.39, 0.29) is 0 Å². The number of methoxy groups -OCH3 is 1. The molecule has 0 saturated heterocycles. The summed E-state index contributed by atoms with van der Waals surface area (Å²) in [5.41, 5.74) is 1.04. The third kappa shape index (κ3) is 1.93. The Balaban J connectivity index is 1.94. The van der Waals surface area contributed by atoms with Gasteiger partial charge in [-0.3, -0.25) is 0 Å². The summed E-state index contributed by atoms with van der Waals surface area (Å²) in [6.07, 6.45) is 5.63. The van der Waals surface area contributed by atoms with Crippen molar-refractivity contribution in [3.8, 4) is 5.88 Å². The molecule has 0 unspecified atom stereocenters. The Hall–Kier alpha value is -1.95. The lowest BCUT2D eigenvalue weighted by Gasteiger charge is -2.27. The molecule has 108 valence electrons. The molecule has 0 bridgehead atoms. The van der Waals surface area contributed by atoms with Gasteiger partial charge in [0.25, 0.3) is 0 Å². The Labute approximate surface area is 126 Å². The van der Waals surface area contributed by atoms with Gasteiger partial charge in [0.1, 0.15) is 10.6 Å². The molecule has 3 aromatic heterocycles. The van der Waals surface area contributed by atoms with Crippen LogP contribution < -0.4 is 10.1 Å². The molecule has 1 aliphatic rings. The van der Waals surface area contributed by atoms with Crippen molar-refractivity contribution in [3.63, 3.8) is 0 Å². The van der Waals surface area contributed by atoms with Gasteiger partial charge in [0.15, 0.2) is 0 Å². The first-order valence-electron chi connectivity index (χ1n) is 7.13. The summed E-state index contributed by atoms with van der Waals surface area (Å²) in [6, 6.07) is 2.61. The summed E-state index contributed by atoms with van der Waals surface area (Å²) in [5, 5.41) is 14.3. The summed E-state index contributed by atoms with van der Waals surface area (Å²) < 4.78 is 6.45. The lowest BCUT2D eigenvalue weighted by Crippen LogP contribution is -2.27. The highest BCUT2D eigenvalue weighted by molar-refractivity contribution is 7.26. The van der Waals surface area contributed by atoms with Crippen molar-refractivity contribution in [1.82, 2.24) is 15.2 Å². The molecule has 1 saturated carbocycles. The molecule has 6 heteroatoms. The molecule has 0 amide bonds. The number of fused-ring (bicyclic) bond motifs is 3. The van der Waals surface area contributed by atoms with Crippen molar-refractivity contribution >= 4 is 37.5 Å². The molecule has 1 N–H and O–H groups in total. The maximum absolute atomic E-state index is 5.29. The van der Waals surface area contributed by atoms with E-state index >= 15 is 0 Å². The topological polar surface area (TPSA) is 59.9 Å². The lowest BCUT2D eigenvalue weighted by molar-refractivity contribution is 0.390. The van der Waals surface area contributed by atoms with Crippen LogP contribution in [-0.2, 0) is 0 Å². The molecule has 0 radical (unpaired) electrons. The highest BCUT2D eigenvalue weighted by atomic mass is 32.1. The average Bonchev–Trinajstić information content (AvgIpc) is 2.83. The van der Waals surface area contributed by atoms with E-state index in [0.717, 1.165) is 26.3 Å². The normalized spacial score (nSPS) is 15.3. The second kappa shape index (κ2) is 4.80. The minimum Gasteiger partial charge on any atom is -0.480 e. The van der Waals surface area contributed by atoms with Gasteiger partial charge in [-0.25, -0.2) is 4.98 Å². The van der Waals surface area contributed by atoms with Gasteiger partial charge >= 0.3 is 0 Å². The van der Waals surface area contributed by atoms with Crippen LogP contribution >= 0.6 is 11.3 Å². The third-order valence-electron chi connectivity index (χ3n) is 4.15. The van der Waals surface area contributed by atoms with Crippen LogP contribution in [0.5, 0.6) is 5.88 Å². The second-order valence-electron chi connectivity index (χ2n) is 5.42. The fourth-order valence-electron chi connectivity index (χ4n) is 2.76. The van der Waals surface area contributed by atoms with Gasteiger partial charge < -0.3 is 10.1 Å². The first-order valence-corrected chi connectivity index (χ1v) is 7.94. The molecule has 0 aromatic carbocycles. The van der Waals surface area contributed by atoms with Crippen LogP contribution in [0.3, 0.4) is 0 Å². The van der Waals surface area contributed by atoms with Gasteiger partial charge in [-0.05, 0) is 32.3 Å². The van der Waals surface area contributed by atoms with Crippen molar-refractivity contribution in [2.45, 2.75) is 32.2 Å². The highest BCUT2D eigenvalue weighted by Crippen LogP contribution is 2.39. The minimum atomic E-state index is 0.565. The van der Waals surface area contributed by atoms with Crippen molar-refractivity contribution in [1.29, 1.82) is 0 Å². The zero-order chi connectivity index (χ0) is 14.4. The molecule has 21 heavy (non-hydrogen) atoms. The van der Waals surface area contributed by atoms with Crippen molar-refractivity contribution < 1.29 is 4.74 Å². The SMILES string of the molecule is COc1nnc2sc3c(NC4CCC4)nccc3c2c1C. The molecule has 0 aliphatic heterocycles. The monoisotopic (exact) mass is 300 g/mol. The van der Waals surface area contributed by atoms with Crippen LogP contribution in [0, 0.1) is 6.92 Å². The van der Waals surface area contributed by atoms with Gasteiger partial charge in [-0.15, -0.1) is 21.5 Å². The molecule has 1 aliphatic carbocycles. The summed E-state index contributed by atoms with van der Waals surface area (Å²) in [5.74, 6) is 1.56. The first-order chi connectivity index (χ1) is 10.3. The molecular formula is C15H16N4OS. The van der Waals surface area contributed by atoms with Crippen LogP contribution in [0.15, 0.2) is 12.3 Å². The number of nitrogens with zero attached hydrogens (tertiary/aromatic N) is 3. The Kier molecular flexibility index (Phi) is 2.92. The molecule has 3 heterocycles. The Morgan fingerprint density at radius 3 is 2.90 bits per heavy atom. The van der Waals surface area contributed by atoms with Gasteiger partial charge in [-0.2, -0.15) is 0 Å². The van der Waals surface area contributed by atoms with Crippen LogP contribution in [-0.4, -0.2) is 28.3 Å². The minimum absolute atomic E-state index is 0.565. The second-order valence-corrected chi connectivity index (χ2v) is 6.42. The smallest absolute Gasteiger partial charge is 0.236 e. The maximum atomic E-state index is 5.29. The zero-order valence-electron chi connectivity index (χ0n) is 12.0. The number of hydrogen-bond donors (Lipinski definition) is 1. The van der Waals surface area contributed by atoms with E-state index < -0.39 is 0 Å². The number of thiophene rings is 1. The number of hydrogen-bond acceptors (Lipinski definition) is 6. The van der Waals surface area contributed by atoms with E-state index in [2.05, 4.69) is 20.5 Å². The maximum Gasteiger partial charge on any atom is 0.236 e. The zero-order valence-corrected chi connectivity index (χ0v) is 12.8. The quantitative estimate of drug-likeness (QED) is 0.802.